The minimum atomic E-state index is -4.51. The summed E-state index contributed by atoms with van der Waals surface area (Å²) >= 11 is 5.96. The molecule has 0 unspecified atom stereocenters. The highest BCUT2D eigenvalue weighted by Crippen LogP contribution is 2.32. The van der Waals surface area contributed by atoms with Crippen molar-refractivity contribution >= 4 is 68.5 Å². The fraction of sp³-hybridized carbons (Fsp3) is 0.176. The Morgan fingerprint density at radius 1 is 0.522 bits per heavy atom. The second-order valence-corrected chi connectivity index (χ2v) is 16.3. The van der Waals surface area contributed by atoms with Crippen molar-refractivity contribution in [1.29, 1.82) is 0 Å². The van der Waals surface area contributed by atoms with Crippen LogP contribution in [-0.2, 0) is 6.18 Å². The molecular formula is C51H42ClF3N8O4. The van der Waals surface area contributed by atoms with E-state index in [0.717, 1.165) is 84.9 Å². The predicted molar refractivity (Wildman–Crippen MR) is 254 cm³/mol. The molecule has 67 heavy (non-hydrogen) atoms. The van der Waals surface area contributed by atoms with Crippen LogP contribution in [0, 0.1) is 0 Å². The average Bonchev–Trinajstić information content (AvgIpc) is 4.09. The Kier molecular flexibility index (Phi) is 13.1. The number of halogens is 4. The van der Waals surface area contributed by atoms with Gasteiger partial charge in [0.25, 0.3) is 11.8 Å². The smallest absolute Gasteiger partial charge is 0.416 e. The first-order valence-corrected chi connectivity index (χ1v) is 22.0. The van der Waals surface area contributed by atoms with E-state index in [0.29, 0.717) is 45.0 Å². The van der Waals surface area contributed by atoms with Crippen molar-refractivity contribution in [2.75, 3.05) is 46.6 Å². The lowest BCUT2D eigenvalue weighted by atomic mass is 10.1. The van der Waals surface area contributed by atoms with Gasteiger partial charge in [-0.2, -0.15) is 13.2 Å². The topological polar surface area (TPSA) is 135 Å². The van der Waals surface area contributed by atoms with Crippen molar-refractivity contribution in [3.05, 3.63) is 168 Å². The Morgan fingerprint density at radius 2 is 0.955 bits per heavy atom. The number of carbonyl (C=O) groups is 2. The van der Waals surface area contributed by atoms with Crippen molar-refractivity contribution in [3.63, 3.8) is 0 Å². The number of aromatic nitrogens is 4. The van der Waals surface area contributed by atoms with E-state index in [4.69, 9.17) is 31.0 Å². The number of hydrogen-bond acceptors (Lipinski definition) is 10. The Balaban J connectivity index is 0.000000169. The molecule has 0 aliphatic carbocycles. The number of fused-ring (bicyclic) bond motifs is 2. The van der Waals surface area contributed by atoms with Crippen LogP contribution in [0.2, 0.25) is 5.02 Å². The fourth-order valence-corrected chi connectivity index (χ4v) is 7.84. The second-order valence-electron chi connectivity index (χ2n) is 15.9. The van der Waals surface area contributed by atoms with E-state index in [1.54, 1.807) is 72.9 Å². The Bertz CT molecular complexity index is 3050. The first kappa shape index (κ1) is 44.4. The van der Waals surface area contributed by atoms with E-state index in [-0.39, 0.29) is 11.5 Å². The van der Waals surface area contributed by atoms with E-state index in [9.17, 15) is 22.8 Å². The second kappa shape index (κ2) is 19.8. The summed E-state index contributed by atoms with van der Waals surface area (Å²) in [4.78, 5) is 47.8. The molecule has 2 aliphatic heterocycles. The van der Waals surface area contributed by atoms with Gasteiger partial charge in [0.2, 0.25) is 0 Å². The van der Waals surface area contributed by atoms with Gasteiger partial charge in [0.05, 0.1) is 40.0 Å². The Hall–Kier alpha value is -7.78. The summed E-state index contributed by atoms with van der Waals surface area (Å²) in [5, 5.41) is 5.98. The summed E-state index contributed by atoms with van der Waals surface area (Å²) in [6.07, 6.45) is 3.81. The number of ether oxygens (including phenoxy) is 2. The Morgan fingerprint density at radius 3 is 1.40 bits per heavy atom. The fourth-order valence-electron chi connectivity index (χ4n) is 7.64. The summed E-state index contributed by atoms with van der Waals surface area (Å²) in [5.41, 5.74) is 3.79. The van der Waals surface area contributed by atoms with E-state index >= 15 is 0 Å². The van der Waals surface area contributed by atoms with E-state index in [2.05, 4.69) is 30.4 Å². The lowest BCUT2D eigenvalue weighted by Crippen LogP contribution is -2.19. The van der Waals surface area contributed by atoms with Crippen molar-refractivity contribution in [2.45, 2.75) is 31.9 Å². The van der Waals surface area contributed by atoms with Crippen LogP contribution in [0.4, 0.5) is 36.2 Å². The van der Waals surface area contributed by atoms with Crippen molar-refractivity contribution in [1.82, 2.24) is 19.9 Å². The van der Waals surface area contributed by atoms with Gasteiger partial charge < -0.3 is 29.9 Å². The van der Waals surface area contributed by atoms with Crippen LogP contribution in [0.15, 0.2) is 146 Å². The molecule has 2 N–H and O–H groups in total. The van der Waals surface area contributed by atoms with Crippen LogP contribution in [0.25, 0.3) is 22.1 Å². The van der Waals surface area contributed by atoms with E-state index < -0.39 is 17.6 Å². The summed E-state index contributed by atoms with van der Waals surface area (Å²) in [7, 11) is 0. The molecule has 2 aromatic heterocycles. The molecular weight excluding hydrogens is 881 g/mol. The number of rotatable bonds is 10. The molecule has 0 atom stereocenters. The van der Waals surface area contributed by atoms with Gasteiger partial charge in [-0.15, -0.1) is 0 Å². The molecule has 0 radical (unpaired) electrons. The lowest BCUT2D eigenvalue weighted by molar-refractivity contribution is -0.137. The predicted octanol–water partition coefficient (Wildman–Crippen LogP) is 12.2. The van der Waals surface area contributed by atoms with Gasteiger partial charge in [-0.05, 0) is 135 Å². The third-order valence-corrected chi connectivity index (χ3v) is 11.3. The summed E-state index contributed by atoms with van der Waals surface area (Å²) < 4.78 is 50.6. The van der Waals surface area contributed by atoms with Crippen LogP contribution < -0.4 is 29.9 Å². The van der Waals surface area contributed by atoms with Gasteiger partial charge in [0, 0.05) is 65.8 Å². The number of anilines is 4. The minimum Gasteiger partial charge on any atom is -0.457 e. The van der Waals surface area contributed by atoms with Gasteiger partial charge in [0.15, 0.2) is 0 Å². The molecule has 10 rings (SSSR count). The molecule has 2 saturated heterocycles. The molecule has 2 aliphatic rings. The molecule has 0 bridgehead atoms. The number of hydrogen-bond donors (Lipinski definition) is 2. The molecule has 12 nitrogen and oxygen atoms in total. The van der Waals surface area contributed by atoms with E-state index in [1.807, 2.05) is 48.7 Å². The van der Waals surface area contributed by atoms with Crippen LogP contribution >= 0.6 is 11.6 Å². The first-order chi connectivity index (χ1) is 32.5. The molecule has 2 fully saturated rings. The van der Waals surface area contributed by atoms with Crippen LogP contribution in [0.1, 0.15) is 52.0 Å². The molecule has 0 spiro atoms. The van der Waals surface area contributed by atoms with Crippen LogP contribution in [0.5, 0.6) is 23.0 Å². The van der Waals surface area contributed by atoms with Gasteiger partial charge in [-0.3, -0.25) is 19.6 Å². The highest BCUT2D eigenvalue weighted by molar-refractivity contribution is 6.31. The third-order valence-electron chi connectivity index (χ3n) is 11.1. The molecule has 4 heterocycles. The average molecular weight is 923 g/mol. The van der Waals surface area contributed by atoms with Crippen molar-refractivity contribution < 1.29 is 32.2 Å². The number of nitrogens with one attached hydrogen (secondary N) is 2. The largest absolute Gasteiger partial charge is 0.457 e. The molecule has 8 aromatic rings. The number of alkyl halides is 3. The van der Waals surface area contributed by atoms with Crippen LogP contribution in [-0.4, -0.2) is 57.9 Å². The highest BCUT2D eigenvalue weighted by Gasteiger charge is 2.31. The van der Waals surface area contributed by atoms with Gasteiger partial charge in [-0.1, -0.05) is 23.7 Å². The molecule has 0 saturated carbocycles. The summed E-state index contributed by atoms with van der Waals surface area (Å²) in [6.45, 7) is 4.01. The Labute approximate surface area is 388 Å². The molecule has 16 heteroatoms. The number of benzene rings is 6. The zero-order valence-electron chi connectivity index (χ0n) is 35.8. The van der Waals surface area contributed by atoms with Gasteiger partial charge >= 0.3 is 6.18 Å². The number of carbonyl (C=O) groups excluding carboxylic acids is 2. The van der Waals surface area contributed by atoms with Gasteiger partial charge in [-0.25, -0.2) is 9.97 Å². The lowest BCUT2D eigenvalue weighted by Gasteiger charge is -2.16. The maximum absolute atomic E-state index is 12.9. The third kappa shape index (κ3) is 11.2. The SMILES string of the molecule is O=C(Nc1ccc(Oc2ccc3ncc(N4CCCC4)nc3c2)cc1)c1cccc(C(F)(F)F)c1.O=C(Nc1ccc(Oc2ccc3ncc(N4CCCC4)nc3c2)cc1)c1cccc(Cl)c1. The van der Waals surface area contributed by atoms with Crippen molar-refractivity contribution in [3.8, 4) is 23.0 Å². The van der Waals surface area contributed by atoms with E-state index in [1.165, 1.54) is 25.0 Å². The number of nitrogens with zero attached hydrogens (tertiary/aromatic N) is 6. The van der Waals surface area contributed by atoms with Crippen LogP contribution in [0.3, 0.4) is 0 Å². The number of amides is 2. The molecule has 338 valence electrons. The maximum atomic E-state index is 12.9. The zero-order valence-corrected chi connectivity index (χ0v) is 36.6. The first-order valence-electron chi connectivity index (χ1n) is 21.6. The molecule has 6 aromatic carbocycles. The summed E-state index contributed by atoms with van der Waals surface area (Å²) in [5.74, 6) is 3.38. The normalized spacial score (nSPS) is 13.6. The quantitative estimate of drug-likeness (QED) is 0.136. The zero-order chi connectivity index (χ0) is 46.3. The minimum absolute atomic E-state index is 0.0780. The highest BCUT2D eigenvalue weighted by atomic mass is 35.5. The maximum Gasteiger partial charge on any atom is 0.416 e. The van der Waals surface area contributed by atoms with Gasteiger partial charge in [0.1, 0.15) is 34.6 Å². The monoisotopic (exact) mass is 922 g/mol. The van der Waals surface area contributed by atoms with Crippen molar-refractivity contribution in [2.24, 2.45) is 0 Å². The molecule has 2 amide bonds. The standard InChI is InChI=1S/C26H21F3N4O2.C25H21ClN4O2/c27-26(28,29)18-5-3-4-17(14-18)25(34)31-19-6-8-20(9-7-19)35-21-10-11-22-23(15-21)32-24(16-30-22)33-12-1-2-13-33;26-18-5-3-4-17(14-18)25(31)28-19-6-8-20(9-7-19)32-21-10-11-22-23(15-21)29-24(16-27-22)30-12-1-2-13-30/h3-11,14-16H,1-2,12-13H2,(H,31,34);3-11,14-16H,1-2,12-13H2,(H,28,31). The summed E-state index contributed by atoms with van der Waals surface area (Å²) in [6, 6.07) is 36.0.